The van der Waals surface area contributed by atoms with Crippen molar-refractivity contribution in [2.75, 3.05) is 18.9 Å². The average Bonchev–Trinajstić information content (AvgIpc) is 2.44. The van der Waals surface area contributed by atoms with E-state index in [0.717, 1.165) is 16.7 Å². The minimum atomic E-state index is -0.0770. The largest absolute Gasteiger partial charge is 0.399 e. The van der Waals surface area contributed by atoms with Gasteiger partial charge in [0.2, 0.25) is 0 Å². The number of benzene rings is 1. The van der Waals surface area contributed by atoms with Gasteiger partial charge in [0.25, 0.3) is 5.56 Å². The van der Waals surface area contributed by atoms with Gasteiger partial charge in [-0.15, -0.1) is 0 Å². The number of anilines is 1. The summed E-state index contributed by atoms with van der Waals surface area (Å²) >= 11 is 0. The zero-order valence-electron chi connectivity index (χ0n) is 11.2. The monoisotopic (exact) mass is 273 g/mol. The van der Waals surface area contributed by atoms with Crippen LogP contribution in [0.4, 0.5) is 5.69 Å². The molecule has 106 valence electrons. The summed E-state index contributed by atoms with van der Waals surface area (Å²) in [6.45, 7) is 0.952. The van der Waals surface area contributed by atoms with Gasteiger partial charge in [-0.25, -0.2) is 0 Å². The molecule has 5 N–H and O–H groups in total. The number of aromatic nitrogens is 1. The molecule has 2 aromatic rings. The third-order valence-corrected chi connectivity index (χ3v) is 3.18. The lowest BCUT2D eigenvalue weighted by Crippen LogP contribution is -2.22. The lowest BCUT2D eigenvalue weighted by molar-refractivity contribution is 0.300. The van der Waals surface area contributed by atoms with E-state index in [4.69, 9.17) is 16.6 Å². The Morgan fingerprint density at radius 3 is 2.70 bits per heavy atom. The van der Waals surface area contributed by atoms with Crippen molar-refractivity contribution in [1.29, 1.82) is 0 Å². The highest BCUT2D eigenvalue weighted by atomic mass is 16.2. The third kappa shape index (κ3) is 3.07. The number of aliphatic hydroxyl groups excluding tert-OH is 1. The van der Waals surface area contributed by atoms with Crippen LogP contribution < -0.4 is 17.0 Å². The summed E-state index contributed by atoms with van der Waals surface area (Å²) in [7, 11) is 0. The molecule has 5 heteroatoms. The van der Waals surface area contributed by atoms with Crippen LogP contribution in [-0.4, -0.2) is 22.8 Å². The lowest BCUT2D eigenvalue weighted by atomic mass is 9.98. The molecule has 0 spiro atoms. The Hall–Kier alpha value is -2.11. The van der Waals surface area contributed by atoms with E-state index in [1.165, 1.54) is 6.07 Å². The number of hydrogen-bond acceptors (Lipinski definition) is 4. The van der Waals surface area contributed by atoms with Crippen LogP contribution in [-0.2, 0) is 13.0 Å². The van der Waals surface area contributed by atoms with E-state index in [-0.39, 0.29) is 12.2 Å². The van der Waals surface area contributed by atoms with Crippen LogP contribution in [0.5, 0.6) is 0 Å². The van der Waals surface area contributed by atoms with E-state index < -0.39 is 0 Å². The first-order chi connectivity index (χ1) is 9.65. The summed E-state index contributed by atoms with van der Waals surface area (Å²) in [5.74, 6) is 0. The molecule has 0 saturated heterocycles. The molecule has 0 aliphatic rings. The fourth-order valence-electron chi connectivity index (χ4n) is 2.21. The van der Waals surface area contributed by atoms with Crippen LogP contribution in [0.3, 0.4) is 0 Å². The summed E-state index contributed by atoms with van der Waals surface area (Å²) in [5, 5.41) is 9.14. The number of aliphatic hydroxyl groups is 1. The maximum Gasteiger partial charge on any atom is 0.250 e. The van der Waals surface area contributed by atoms with Crippen molar-refractivity contribution in [3.8, 4) is 11.1 Å². The van der Waals surface area contributed by atoms with Gasteiger partial charge >= 0.3 is 0 Å². The highest BCUT2D eigenvalue weighted by Crippen LogP contribution is 2.25. The van der Waals surface area contributed by atoms with Crippen molar-refractivity contribution in [3.05, 3.63) is 52.4 Å². The molecule has 0 aliphatic carbocycles. The Morgan fingerprint density at radius 2 is 2.00 bits per heavy atom. The summed E-state index contributed by atoms with van der Waals surface area (Å²) < 4.78 is 1.58. The predicted octanol–water partition coefficient (Wildman–Crippen LogP) is 0.591. The molecule has 1 aromatic carbocycles. The van der Waals surface area contributed by atoms with E-state index in [9.17, 15) is 4.79 Å². The zero-order valence-corrected chi connectivity index (χ0v) is 11.2. The normalized spacial score (nSPS) is 10.7. The van der Waals surface area contributed by atoms with Crippen molar-refractivity contribution in [2.24, 2.45) is 5.73 Å². The molecule has 0 amide bonds. The van der Waals surface area contributed by atoms with Crippen LogP contribution in [0.2, 0.25) is 0 Å². The number of nitrogen functional groups attached to an aromatic ring is 1. The van der Waals surface area contributed by atoms with Gasteiger partial charge in [0.05, 0.1) is 0 Å². The number of nitrogens with zero attached hydrogens (tertiary/aromatic N) is 1. The molecule has 5 nitrogen and oxygen atoms in total. The van der Waals surface area contributed by atoms with Crippen molar-refractivity contribution >= 4 is 5.69 Å². The predicted molar refractivity (Wildman–Crippen MR) is 80.4 cm³/mol. The van der Waals surface area contributed by atoms with Gasteiger partial charge in [0, 0.05) is 37.6 Å². The Kier molecular flexibility index (Phi) is 4.55. The van der Waals surface area contributed by atoms with E-state index in [2.05, 4.69) is 0 Å². The first-order valence-corrected chi connectivity index (χ1v) is 6.56. The molecule has 0 aliphatic heterocycles. The van der Waals surface area contributed by atoms with Gasteiger partial charge in [-0.2, -0.15) is 0 Å². The smallest absolute Gasteiger partial charge is 0.250 e. The molecular formula is C15H19N3O2. The maximum absolute atomic E-state index is 11.7. The highest BCUT2D eigenvalue weighted by molar-refractivity contribution is 5.70. The van der Waals surface area contributed by atoms with Gasteiger partial charge in [-0.05, 0) is 41.3 Å². The minimum absolute atomic E-state index is 0.0688. The van der Waals surface area contributed by atoms with Gasteiger partial charge in [0.1, 0.15) is 0 Å². The number of rotatable bonds is 5. The number of hydrogen-bond donors (Lipinski definition) is 3. The fraction of sp³-hybridized carbons (Fsp3) is 0.267. The van der Waals surface area contributed by atoms with Crippen molar-refractivity contribution < 1.29 is 5.11 Å². The first kappa shape index (κ1) is 14.3. The zero-order chi connectivity index (χ0) is 14.5. The second-order valence-electron chi connectivity index (χ2n) is 4.63. The van der Waals surface area contributed by atoms with Crippen LogP contribution in [0.1, 0.15) is 5.56 Å². The molecule has 1 aromatic heterocycles. The third-order valence-electron chi connectivity index (χ3n) is 3.18. The topological polar surface area (TPSA) is 94.3 Å². The quantitative estimate of drug-likeness (QED) is 0.695. The van der Waals surface area contributed by atoms with Crippen LogP contribution in [0.25, 0.3) is 11.1 Å². The Balaban J connectivity index is 2.52. The molecule has 0 radical (unpaired) electrons. The fourth-order valence-corrected chi connectivity index (χ4v) is 2.21. The SMILES string of the molecule is NCCn1cc(-c2cc(N)ccc2CCO)ccc1=O. The van der Waals surface area contributed by atoms with Crippen LogP contribution >= 0.6 is 0 Å². The molecule has 0 saturated carbocycles. The van der Waals surface area contributed by atoms with Crippen molar-refractivity contribution in [2.45, 2.75) is 13.0 Å². The van der Waals surface area contributed by atoms with E-state index in [1.54, 1.807) is 16.8 Å². The Morgan fingerprint density at radius 1 is 1.20 bits per heavy atom. The second-order valence-corrected chi connectivity index (χ2v) is 4.63. The first-order valence-electron chi connectivity index (χ1n) is 6.56. The molecular weight excluding hydrogens is 254 g/mol. The minimum Gasteiger partial charge on any atom is -0.399 e. The number of pyridine rings is 1. The molecule has 0 bridgehead atoms. The van der Waals surface area contributed by atoms with E-state index in [0.29, 0.717) is 25.2 Å². The molecule has 0 fully saturated rings. The summed E-state index contributed by atoms with van der Waals surface area (Å²) in [6.07, 6.45) is 2.33. The molecule has 0 unspecified atom stereocenters. The van der Waals surface area contributed by atoms with Gasteiger partial charge in [-0.3, -0.25) is 4.79 Å². The summed E-state index contributed by atoms with van der Waals surface area (Å²) in [4.78, 5) is 11.7. The summed E-state index contributed by atoms with van der Waals surface area (Å²) in [5.41, 5.74) is 14.7. The molecule has 2 rings (SSSR count). The van der Waals surface area contributed by atoms with Crippen molar-refractivity contribution in [1.82, 2.24) is 4.57 Å². The number of nitrogens with two attached hydrogens (primary N) is 2. The van der Waals surface area contributed by atoms with Crippen LogP contribution in [0.15, 0.2) is 41.3 Å². The Labute approximate surface area is 117 Å². The second kappa shape index (κ2) is 6.36. The summed E-state index contributed by atoms with van der Waals surface area (Å²) in [6, 6.07) is 8.86. The van der Waals surface area contributed by atoms with Gasteiger partial charge < -0.3 is 21.1 Å². The highest BCUT2D eigenvalue weighted by Gasteiger charge is 2.07. The standard InChI is InChI=1S/C15H19N3O2/c16-6-7-18-10-12(2-4-15(18)20)14-9-13(17)3-1-11(14)5-8-19/h1-4,9-10,19H,5-8,16-17H2. The van der Waals surface area contributed by atoms with Crippen molar-refractivity contribution in [3.63, 3.8) is 0 Å². The molecule has 0 atom stereocenters. The average molecular weight is 273 g/mol. The van der Waals surface area contributed by atoms with Gasteiger partial charge in [-0.1, -0.05) is 6.07 Å². The van der Waals surface area contributed by atoms with Gasteiger partial charge in [0.15, 0.2) is 0 Å². The molecule has 1 heterocycles. The Bertz CT molecular complexity index is 650. The van der Waals surface area contributed by atoms with E-state index >= 15 is 0 Å². The van der Waals surface area contributed by atoms with E-state index in [1.807, 2.05) is 18.2 Å². The molecule has 20 heavy (non-hydrogen) atoms. The lowest BCUT2D eigenvalue weighted by Gasteiger charge is -2.12. The van der Waals surface area contributed by atoms with Crippen LogP contribution in [0, 0.1) is 0 Å². The maximum atomic E-state index is 11.7.